The van der Waals surface area contributed by atoms with Gasteiger partial charge in [0.15, 0.2) is 6.29 Å². The van der Waals surface area contributed by atoms with Crippen molar-refractivity contribution in [1.82, 2.24) is 0 Å². The second kappa shape index (κ2) is 3.75. The van der Waals surface area contributed by atoms with Crippen LogP contribution in [0.2, 0.25) is 0 Å². The van der Waals surface area contributed by atoms with Crippen molar-refractivity contribution in [3.63, 3.8) is 0 Å². The second-order valence-corrected chi connectivity index (χ2v) is 2.35. The molecule has 0 amide bonds. The van der Waals surface area contributed by atoms with E-state index < -0.39 is 5.82 Å². The maximum absolute atomic E-state index is 12.9. The van der Waals surface area contributed by atoms with E-state index in [0.29, 0.717) is 6.29 Å². The summed E-state index contributed by atoms with van der Waals surface area (Å²) in [7, 11) is 1.53. The first-order chi connectivity index (χ1) is 6.22. The summed E-state index contributed by atoms with van der Waals surface area (Å²) in [5, 5.41) is 5.24. The van der Waals surface area contributed by atoms with Crippen LogP contribution in [0, 0.1) is 10.7 Å². The van der Waals surface area contributed by atoms with Crippen molar-refractivity contribution in [2.24, 2.45) is 5.18 Å². The number of nitrogens with zero attached hydrogens (tertiary/aromatic N) is 1. The van der Waals surface area contributed by atoms with Gasteiger partial charge in [0.25, 0.3) is 0 Å². The molecule has 0 saturated heterocycles. The van der Waals surface area contributed by atoms with Crippen LogP contribution >= 0.6 is 0 Å². The summed E-state index contributed by atoms with van der Waals surface area (Å²) in [5.74, 6) is -0.674. The van der Waals surface area contributed by atoms with Crippen LogP contribution in [0.4, 0.5) is 15.8 Å². The van der Waals surface area contributed by atoms with Crippen LogP contribution < -0.4 is 5.32 Å². The number of halogens is 1. The lowest BCUT2D eigenvalue weighted by atomic mass is 10.2. The Kier molecular flexibility index (Phi) is 2.69. The van der Waals surface area contributed by atoms with Crippen LogP contribution in [-0.4, -0.2) is 13.3 Å². The molecule has 0 spiro atoms. The molecule has 1 rings (SSSR count). The highest BCUT2D eigenvalue weighted by Gasteiger charge is 2.08. The van der Waals surface area contributed by atoms with Gasteiger partial charge in [-0.2, -0.15) is 0 Å². The number of nitroso groups, excluding NO2 is 1. The van der Waals surface area contributed by atoms with Gasteiger partial charge in [-0.15, -0.1) is 4.91 Å². The Labute approximate surface area is 73.7 Å². The van der Waals surface area contributed by atoms with Crippen molar-refractivity contribution in [3.05, 3.63) is 28.4 Å². The maximum Gasteiger partial charge on any atom is 0.153 e. The second-order valence-electron chi connectivity index (χ2n) is 2.35. The number of aldehydes is 1. The Morgan fingerprint density at radius 2 is 2.23 bits per heavy atom. The summed E-state index contributed by atoms with van der Waals surface area (Å²) in [5.41, 5.74) is 0.109. The number of anilines is 1. The van der Waals surface area contributed by atoms with E-state index in [0.717, 1.165) is 12.1 Å². The van der Waals surface area contributed by atoms with Crippen molar-refractivity contribution >= 4 is 17.7 Å². The molecule has 0 aliphatic carbocycles. The number of nitrogens with one attached hydrogen (secondary N) is 1. The smallest absolute Gasteiger partial charge is 0.153 e. The molecule has 1 aromatic carbocycles. The van der Waals surface area contributed by atoms with E-state index in [1.807, 2.05) is 0 Å². The molecule has 1 aromatic rings. The average Bonchev–Trinajstić information content (AvgIpc) is 2.17. The fraction of sp³-hybridized carbons (Fsp3) is 0.125. The highest BCUT2D eigenvalue weighted by Crippen LogP contribution is 2.26. The van der Waals surface area contributed by atoms with Gasteiger partial charge in [-0.05, 0) is 11.2 Å². The summed E-state index contributed by atoms with van der Waals surface area (Å²) in [6.07, 6.45) is 0.337. The highest BCUT2D eigenvalue weighted by molar-refractivity contribution is 5.81. The zero-order valence-corrected chi connectivity index (χ0v) is 6.87. The van der Waals surface area contributed by atoms with Crippen LogP contribution in [0.5, 0.6) is 0 Å². The zero-order valence-electron chi connectivity index (χ0n) is 6.87. The molecule has 68 valence electrons. The average molecular weight is 182 g/mol. The Balaban J connectivity index is 3.34. The molecular weight excluding hydrogens is 175 g/mol. The SMILES string of the molecule is CNc1cc(F)c(C=O)cc1N=O. The fourth-order valence-electron chi connectivity index (χ4n) is 0.944. The first kappa shape index (κ1) is 9.31. The summed E-state index contributed by atoms with van der Waals surface area (Å²) in [6, 6.07) is 2.15. The maximum atomic E-state index is 12.9. The van der Waals surface area contributed by atoms with Gasteiger partial charge in [0.1, 0.15) is 11.5 Å². The van der Waals surface area contributed by atoms with Gasteiger partial charge in [-0.3, -0.25) is 4.79 Å². The van der Waals surface area contributed by atoms with Gasteiger partial charge >= 0.3 is 0 Å². The normalized spacial score (nSPS) is 9.38. The van der Waals surface area contributed by atoms with Gasteiger partial charge in [0.05, 0.1) is 11.3 Å². The van der Waals surface area contributed by atoms with Crippen molar-refractivity contribution < 1.29 is 9.18 Å². The van der Waals surface area contributed by atoms with E-state index in [1.54, 1.807) is 0 Å². The molecule has 0 unspecified atom stereocenters. The van der Waals surface area contributed by atoms with Gasteiger partial charge in [-0.25, -0.2) is 4.39 Å². The summed E-state index contributed by atoms with van der Waals surface area (Å²) in [4.78, 5) is 20.5. The van der Waals surface area contributed by atoms with E-state index in [1.165, 1.54) is 7.05 Å². The minimum atomic E-state index is -0.674. The minimum absolute atomic E-state index is 0.0194. The number of hydrogen-bond acceptors (Lipinski definition) is 4. The molecule has 0 aliphatic heterocycles. The quantitative estimate of drug-likeness (QED) is 0.575. The zero-order chi connectivity index (χ0) is 9.84. The molecular formula is C8H7FN2O2. The molecule has 0 bridgehead atoms. The Morgan fingerprint density at radius 1 is 1.54 bits per heavy atom. The summed E-state index contributed by atoms with van der Waals surface area (Å²) < 4.78 is 12.9. The number of carbonyl (C=O) groups is 1. The molecule has 4 nitrogen and oxygen atoms in total. The molecule has 13 heavy (non-hydrogen) atoms. The van der Waals surface area contributed by atoms with Crippen molar-refractivity contribution in [1.29, 1.82) is 0 Å². The monoisotopic (exact) mass is 182 g/mol. The Hall–Kier alpha value is -1.78. The number of carbonyl (C=O) groups excluding carboxylic acids is 1. The number of benzene rings is 1. The highest BCUT2D eigenvalue weighted by atomic mass is 19.1. The molecule has 1 N–H and O–H groups in total. The van der Waals surface area contributed by atoms with Gasteiger partial charge in [-0.1, -0.05) is 0 Å². The minimum Gasteiger partial charge on any atom is -0.386 e. The standard InChI is InChI=1S/C8H7FN2O2/c1-10-7-3-6(9)5(4-12)2-8(7)11-13/h2-4,10H,1H3. The van der Waals surface area contributed by atoms with Crippen molar-refractivity contribution in [3.8, 4) is 0 Å². The topological polar surface area (TPSA) is 58.5 Å². The molecule has 0 atom stereocenters. The van der Waals surface area contributed by atoms with Crippen LogP contribution in [0.15, 0.2) is 17.3 Å². The van der Waals surface area contributed by atoms with Gasteiger partial charge in [0, 0.05) is 13.1 Å². The van der Waals surface area contributed by atoms with Crippen LogP contribution in [-0.2, 0) is 0 Å². The van der Waals surface area contributed by atoms with Gasteiger partial charge in [0.2, 0.25) is 0 Å². The Morgan fingerprint density at radius 3 is 2.69 bits per heavy atom. The van der Waals surface area contributed by atoms with Gasteiger partial charge < -0.3 is 5.32 Å². The lowest BCUT2D eigenvalue weighted by Gasteiger charge is -2.03. The number of rotatable bonds is 3. The molecule has 0 heterocycles. The fourth-order valence-corrected chi connectivity index (χ4v) is 0.944. The summed E-state index contributed by atoms with van der Waals surface area (Å²) in [6.45, 7) is 0. The first-order valence-electron chi connectivity index (χ1n) is 3.52. The lowest BCUT2D eigenvalue weighted by Crippen LogP contribution is -1.93. The lowest BCUT2D eigenvalue weighted by molar-refractivity contribution is 0.112. The summed E-state index contributed by atoms with van der Waals surface area (Å²) >= 11 is 0. The van der Waals surface area contributed by atoms with E-state index in [2.05, 4.69) is 10.5 Å². The molecule has 0 fully saturated rings. The van der Waals surface area contributed by atoms with Crippen LogP contribution in [0.25, 0.3) is 0 Å². The van der Waals surface area contributed by atoms with E-state index in [4.69, 9.17) is 0 Å². The third kappa shape index (κ3) is 1.69. The molecule has 0 aromatic heterocycles. The molecule has 5 heteroatoms. The number of hydrogen-bond donors (Lipinski definition) is 1. The van der Waals surface area contributed by atoms with Crippen LogP contribution in [0.1, 0.15) is 10.4 Å². The third-order valence-corrected chi connectivity index (χ3v) is 1.61. The predicted octanol–water partition coefficient (Wildman–Crippen LogP) is 2.08. The molecule has 0 radical (unpaired) electrons. The first-order valence-corrected chi connectivity index (χ1v) is 3.52. The predicted molar refractivity (Wildman–Crippen MR) is 46.8 cm³/mol. The van der Waals surface area contributed by atoms with Crippen LogP contribution in [0.3, 0.4) is 0 Å². The van der Waals surface area contributed by atoms with E-state index >= 15 is 0 Å². The molecule has 0 saturated carbocycles. The van der Waals surface area contributed by atoms with Crippen molar-refractivity contribution in [2.75, 3.05) is 12.4 Å². The Bertz CT molecular complexity index is 352. The van der Waals surface area contributed by atoms with Crippen molar-refractivity contribution in [2.45, 2.75) is 0 Å². The van der Waals surface area contributed by atoms with E-state index in [-0.39, 0.29) is 16.9 Å². The third-order valence-electron chi connectivity index (χ3n) is 1.61. The molecule has 0 aliphatic rings. The van der Waals surface area contributed by atoms with E-state index in [9.17, 15) is 14.1 Å². The largest absolute Gasteiger partial charge is 0.386 e.